The summed E-state index contributed by atoms with van der Waals surface area (Å²) >= 11 is 0. The molecule has 6 atom stereocenters. The molecule has 3 unspecified atom stereocenters. The summed E-state index contributed by atoms with van der Waals surface area (Å²) < 4.78 is 43.5. The molecule has 0 saturated carbocycles. The minimum absolute atomic E-state index is 0.369. The van der Waals surface area contributed by atoms with Gasteiger partial charge in [-0.15, -0.1) is 0 Å². The average molecular weight is 649 g/mol. The van der Waals surface area contributed by atoms with Gasteiger partial charge in [0.05, 0.1) is 27.7 Å². The molecule has 1 heterocycles. The standard InChI is InChI=1S/C34H49FN2O9/c1-31(2,3)27(38)42-18-22-23(44-28(39)32(4,5)6)24(45-29(40)33(7,8)9)25(46-30(41)34(10,11)12)26(43-22)37-21(17-36)19-13-15-20(35)16-14-19/h13-16,21-26,37H,18H2,1-12H3/t21?,22?,23-,24-,25?,26-/m1/s1. The molecule has 46 heavy (non-hydrogen) atoms. The van der Waals surface area contributed by atoms with Gasteiger partial charge in [-0.3, -0.25) is 24.5 Å². The normalized spacial score (nSPS) is 23.0. The van der Waals surface area contributed by atoms with Gasteiger partial charge in [0.2, 0.25) is 0 Å². The van der Waals surface area contributed by atoms with Crippen LogP contribution < -0.4 is 5.32 Å². The maximum absolute atomic E-state index is 13.7. The summed E-state index contributed by atoms with van der Waals surface area (Å²) in [6, 6.07) is 6.15. The second-order valence-corrected chi connectivity index (χ2v) is 15.6. The molecule has 256 valence electrons. The van der Waals surface area contributed by atoms with E-state index in [9.17, 15) is 28.8 Å². The first kappa shape index (κ1) is 38.6. The SMILES string of the molecule is CC(C)(C)C(=O)OCC1O[C@@H](NC(C#N)c2ccc(F)cc2)C(OC(=O)C(C)(C)C)[C@H](OC(=O)C(C)(C)C)[C@@H]1OC(=O)C(C)(C)C. The van der Waals surface area contributed by atoms with Gasteiger partial charge in [-0.1, -0.05) is 12.1 Å². The van der Waals surface area contributed by atoms with E-state index >= 15 is 0 Å². The molecule has 1 aliphatic heterocycles. The van der Waals surface area contributed by atoms with E-state index in [4.69, 9.17) is 23.7 Å². The van der Waals surface area contributed by atoms with Crippen molar-refractivity contribution in [2.45, 2.75) is 120 Å². The van der Waals surface area contributed by atoms with Crippen LogP contribution in [0.25, 0.3) is 0 Å². The van der Waals surface area contributed by atoms with Crippen molar-refractivity contribution in [3.8, 4) is 6.07 Å². The molecule has 1 aliphatic rings. The average Bonchev–Trinajstić information content (AvgIpc) is 2.91. The molecule has 1 fully saturated rings. The van der Waals surface area contributed by atoms with E-state index in [1.165, 1.54) is 24.3 Å². The molecule has 0 aromatic heterocycles. The molecular formula is C34H49FN2O9. The molecule has 1 aromatic carbocycles. The van der Waals surface area contributed by atoms with Gasteiger partial charge < -0.3 is 23.7 Å². The lowest BCUT2D eigenvalue weighted by molar-refractivity contribution is -0.265. The summed E-state index contributed by atoms with van der Waals surface area (Å²) in [5, 5.41) is 13.1. The first-order valence-corrected chi connectivity index (χ1v) is 15.2. The minimum Gasteiger partial charge on any atom is -0.462 e. The molecule has 0 spiro atoms. The second kappa shape index (κ2) is 14.5. The fourth-order valence-electron chi connectivity index (χ4n) is 3.89. The van der Waals surface area contributed by atoms with Crippen molar-refractivity contribution in [2.75, 3.05) is 6.61 Å². The van der Waals surface area contributed by atoms with Crippen molar-refractivity contribution >= 4 is 23.9 Å². The van der Waals surface area contributed by atoms with E-state index in [1.807, 2.05) is 0 Å². The van der Waals surface area contributed by atoms with Crippen molar-refractivity contribution in [2.24, 2.45) is 21.7 Å². The van der Waals surface area contributed by atoms with Gasteiger partial charge in [0, 0.05) is 0 Å². The first-order valence-electron chi connectivity index (χ1n) is 15.2. The Bertz CT molecular complexity index is 1290. The number of benzene rings is 1. The number of carbonyl (C=O) groups excluding carboxylic acids is 4. The largest absolute Gasteiger partial charge is 0.462 e. The van der Waals surface area contributed by atoms with Crippen LogP contribution >= 0.6 is 0 Å². The topological polar surface area (TPSA) is 150 Å². The number of halogens is 1. The van der Waals surface area contributed by atoms with Gasteiger partial charge in [-0.05, 0) is 101 Å². The third kappa shape index (κ3) is 10.5. The van der Waals surface area contributed by atoms with E-state index in [-0.39, 0.29) is 0 Å². The highest BCUT2D eigenvalue weighted by atomic mass is 19.1. The Labute approximate surface area is 271 Å². The van der Waals surface area contributed by atoms with Crippen LogP contribution in [0.3, 0.4) is 0 Å². The molecule has 1 saturated heterocycles. The highest BCUT2D eigenvalue weighted by Crippen LogP contribution is 2.34. The van der Waals surface area contributed by atoms with Crippen molar-refractivity contribution in [3.63, 3.8) is 0 Å². The summed E-state index contributed by atoms with van der Waals surface area (Å²) in [5.74, 6) is -3.17. The zero-order valence-corrected chi connectivity index (χ0v) is 29.0. The third-order valence-electron chi connectivity index (χ3n) is 6.85. The van der Waals surface area contributed by atoms with Crippen LogP contribution in [0.4, 0.5) is 4.39 Å². The van der Waals surface area contributed by atoms with E-state index < -0.39 is 94.6 Å². The number of hydrogen-bond donors (Lipinski definition) is 1. The maximum atomic E-state index is 13.7. The minimum atomic E-state index is -1.47. The number of ether oxygens (including phenoxy) is 5. The van der Waals surface area contributed by atoms with Crippen LogP contribution in [-0.2, 0) is 42.9 Å². The number of hydrogen-bond acceptors (Lipinski definition) is 11. The van der Waals surface area contributed by atoms with E-state index in [0.717, 1.165) is 0 Å². The van der Waals surface area contributed by atoms with Crippen molar-refractivity contribution in [1.29, 1.82) is 5.26 Å². The summed E-state index contributed by atoms with van der Waals surface area (Å²) in [6.45, 7) is 19.2. The lowest BCUT2D eigenvalue weighted by atomic mass is 9.92. The van der Waals surface area contributed by atoms with Gasteiger partial charge in [-0.25, -0.2) is 4.39 Å². The predicted octanol–water partition coefficient (Wildman–Crippen LogP) is 5.17. The summed E-state index contributed by atoms with van der Waals surface area (Å²) in [6.07, 6.45) is -6.94. The highest BCUT2D eigenvalue weighted by molar-refractivity contribution is 5.78. The monoisotopic (exact) mass is 648 g/mol. The summed E-state index contributed by atoms with van der Waals surface area (Å²) in [7, 11) is 0. The number of nitrogens with one attached hydrogen (secondary N) is 1. The molecule has 2 rings (SSSR count). The molecule has 12 heteroatoms. The zero-order chi connectivity index (χ0) is 35.4. The van der Waals surface area contributed by atoms with Crippen molar-refractivity contribution in [3.05, 3.63) is 35.6 Å². The molecule has 0 bridgehead atoms. The molecule has 0 aliphatic carbocycles. The van der Waals surface area contributed by atoms with Crippen LogP contribution in [0, 0.1) is 38.8 Å². The number of esters is 4. The summed E-state index contributed by atoms with van der Waals surface area (Å²) in [4.78, 5) is 52.8. The van der Waals surface area contributed by atoms with E-state index in [1.54, 1.807) is 83.1 Å². The smallest absolute Gasteiger partial charge is 0.311 e. The van der Waals surface area contributed by atoms with Gasteiger partial charge in [-0.2, -0.15) is 5.26 Å². The number of carbonyl (C=O) groups is 4. The summed E-state index contributed by atoms with van der Waals surface area (Å²) in [5.41, 5.74) is -3.58. The Balaban J connectivity index is 2.75. The second-order valence-electron chi connectivity index (χ2n) is 15.6. The lowest BCUT2D eigenvalue weighted by Gasteiger charge is -2.46. The zero-order valence-electron chi connectivity index (χ0n) is 29.0. The number of nitriles is 1. The van der Waals surface area contributed by atoms with Crippen molar-refractivity contribution in [1.82, 2.24) is 5.32 Å². The quantitative estimate of drug-likeness (QED) is 0.294. The van der Waals surface area contributed by atoms with Gasteiger partial charge in [0.25, 0.3) is 0 Å². The molecule has 0 radical (unpaired) electrons. The van der Waals surface area contributed by atoms with E-state index in [0.29, 0.717) is 5.56 Å². The Hall–Kier alpha value is -3.56. The van der Waals surface area contributed by atoms with Crippen LogP contribution in [-0.4, -0.2) is 61.1 Å². The Morgan fingerprint density at radius 2 is 1.15 bits per heavy atom. The van der Waals surface area contributed by atoms with Crippen LogP contribution in [0.1, 0.15) is 94.7 Å². The van der Waals surface area contributed by atoms with Crippen LogP contribution in [0.5, 0.6) is 0 Å². The predicted molar refractivity (Wildman–Crippen MR) is 165 cm³/mol. The van der Waals surface area contributed by atoms with E-state index in [2.05, 4.69) is 11.4 Å². The highest BCUT2D eigenvalue weighted by Gasteiger charge is 2.55. The molecule has 0 amide bonds. The van der Waals surface area contributed by atoms with Gasteiger partial charge >= 0.3 is 23.9 Å². The Kier molecular flexibility index (Phi) is 12.1. The first-order chi connectivity index (χ1) is 20.9. The number of rotatable bonds is 8. The lowest BCUT2D eigenvalue weighted by Crippen LogP contribution is -2.66. The fraction of sp³-hybridized carbons (Fsp3) is 0.676. The molecule has 1 N–H and O–H groups in total. The maximum Gasteiger partial charge on any atom is 0.311 e. The Morgan fingerprint density at radius 1 is 0.739 bits per heavy atom. The van der Waals surface area contributed by atoms with Crippen LogP contribution in [0.2, 0.25) is 0 Å². The van der Waals surface area contributed by atoms with Gasteiger partial charge in [0.1, 0.15) is 24.6 Å². The van der Waals surface area contributed by atoms with Gasteiger partial charge in [0.15, 0.2) is 24.5 Å². The van der Waals surface area contributed by atoms with Crippen LogP contribution in [0.15, 0.2) is 24.3 Å². The molecular weight excluding hydrogens is 599 g/mol. The molecule has 1 aromatic rings. The number of nitrogens with zero attached hydrogens (tertiary/aromatic N) is 1. The fourth-order valence-corrected chi connectivity index (χ4v) is 3.89. The molecule has 11 nitrogen and oxygen atoms in total. The third-order valence-corrected chi connectivity index (χ3v) is 6.85. The van der Waals surface area contributed by atoms with Crippen molar-refractivity contribution < 1.29 is 47.3 Å². The Morgan fingerprint density at radius 3 is 1.57 bits per heavy atom.